The molecule has 0 saturated heterocycles. The Labute approximate surface area is 147 Å². The molecule has 128 valence electrons. The minimum Gasteiger partial charge on any atom is -0.459 e. The van der Waals surface area contributed by atoms with Gasteiger partial charge in [-0.25, -0.2) is 4.79 Å². The van der Waals surface area contributed by atoms with E-state index in [0.29, 0.717) is 11.1 Å². The van der Waals surface area contributed by atoms with Gasteiger partial charge >= 0.3 is 5.97 Å². The maximum Gasteiger partial charge on any atom is 0.329 e. The van der Waals surface area contributed by atoms with Gasteiger partial charge in [0.2, 0.25) is 0 Å². The zero-order valence-corrected chi connectivity index (χ0v) is 14.2. The van der Waals surface area contributed by atoms with Crippen molar-refractivity contribution in [1.29, 1.82) is 5.26 Å². The monoisotopic (exact) mass is 336 g/mol. The summed E-state index contributed by atoms with van der Waals surface area (Å²) in [6.07, 6.45) is 0. The summed E-state index contributed by atoms with van der Waals surface area (Å²) < 4.78 is 5.33. The van der Waals surface area contributed by atoms with Crippen LogP contribution in [0.2, 0.25) is 0 Å². The van der Waals surface area contributed by atoms with Crippen LogP contribution in [0.5, 0.6) is 0 Å². The number of rotatable bonds is 6. The standard InChI is InChI=1S/C20H20N2O3/c1-14(2)18(22-19(23)17-6-4-3-5-7-17)20(24)25-13-16-10-8-15(12-21)9-11-16/h3-11,14,18H,13H2,1-2H3,(H,22,23). The van der Waals surface area contributed by atoms with Crippen LogP contribution in [0, 0.1) is 17.2 Å². The number of carbonyl (C=O) groups excluding carboxylic acids is 2. The molecule has 0 bridgehead atoms. The third-order valence-corrected chi connectivity index (χ3v) is 3.71. The van der Waals surface area contributed by atoms with Crippen LogP contribution in [0.4, 0.5) is 0 Å². The molecule has 1 amide bonds. The van der Waals surface area contributed by atoms with E-state index in [2.05, 4.69) is 5.32 Å². The fraction of sp³-hybridized carbons (Fsp3) is 0.250. The van der Waals surface area contributed by atoms with Crippen LogP contribution in [0.15, 0.2) is 54.6 Å². The lowest BCUT2D eigenvalue weighted by Crippen LogP contribution is -2.45. The lowest BCUT2D eigenvalue weighted by atomic mass is 10.0. The molecule has 0 aliphatic rings. The van der Waals surface area contributed by atoms with Gasteiger partial charge < -0.3 is 10.1 Å². The fourth-order valence-corrected chi connectivity index (χ4v) is 2.23. The Morgan fingerprint density at radius 1 is 1.08 bits per heavy atom. The van der Waals surface area contributed by atoms with Gasteiger partial charge in [-0.1, -0.05) is 44.2 Å². The molecule has 0 radical (unpaired) electrons. The van der Waals surface area contributed by atoms with Crippen LogP contribution in [0.3, 0.4) is 0 Å². The number of carbonyl (C=O) groups is 2. The van der Waals surface area contributed by atoms with E-state index in [1.807, 2.05) is 26.0 Å². The Morgan fingerprint density at radius 2 is 1.72 bits per heavy atom. The maximum absolute atomic E-state index is 12.4. The molecule has 2 rings (SSSR count). The highest BCUT2D eigenvalue weighted by Crippen LogP contribution is 2.10. The maximum atomic E-state index is 12.4. The van der Waals surface area contributed by atoms with Crippen LogP contribution in [-0.2, 0) is 16.1 Å². The van der Waals surface area contributed by atoms with Gasteiger partial charge in [-0.2, -0.15) is 5.26 Å². The summed E-state index contributed by atoms with van der Waals surface area (Å²) in [5.74, 6) is -0.903. The molecule has 5 nitrogen and oxygen atoms in total. The topological polar surface area (TPSA) is 79.2 Å². The molecular weight excluding hydrogens is 316 g/mol. The minimum atomic E-state index is -0.730. The molecule has 0 saturated carbocycles. The van der Waals surface area contributed by atoms with Crippen LogP contribution in [-0.4, -0.2) is 17.9 Å². The quantitative estimate of drug-likeness (QED) is 0.822. The molecule has 0 heterocycles. The molecule has 2 aromatic rings. The number of nitrogens with one attached hydrogen (secondary N) is 1. The van der Waals surface area contributed by atoms with Crippen LogP contribution in [0.25, 0.3) is 0 Å². The Bertz CT molecular complexity index is 762. The van der Waals surface area contributed by atoms with Crippen molar-refractivity contribution in [1.82, 2.24) is 5.32 Å². The highest BCUT2D eigenvalue weighted by atomic mass is 16.5. The molecule has 0 aliphatic heterocycles. The highest BCUT2D eigenvalue weighted by molar-refractivity contribution is 5.96. The van der Waals surface area contributed by atoms with Crippen LogP contribution < -0.4 is 5.32 Å². The number of hydrogen-bond acceptors (Lipinski definition) is 4. The number of ether oxygens (including phenoxy) is 1. The molecule has 0 fully saturated rings. The van der Waals surface area contributed by atoms with Crippen molar-refractivity contribution >= 4 is 11.9 Å². The summed E-state index contributed by atoms with van der Waals surface area (Å²) >= 11 is 0. The molecule has 1 atom stereocenters. The normalized spacial score (nSPS) is 11.4. The molecule has 2 aromatic carbocycles. The van der Waals surface area contributed by atoms with E-state index < -0.39 is 12.0 Å². The minimum absolute atomic E-state index is 0.0922. The Kier molecular flexibility index (Phi) is 6.30. The smallest absolute Gasteiger partial charge is 0.329 e. The summed E-state index contributed by atoms with van der Waals surface area (Å²) in [6.45, 7) is 3.78. The number of amides is 1. The van der Waals surface area contributed by atoms with E-state index in [1.165, 1.54) is 0 Å². The number of esters is 1. The number of nitrogens with zero attached hydrogens (tertiary/aromatic N) is 1. The highest BCUT2D eigenvalue weighted by Gasteiger charge is 2.26. The Balaban J connectivity index is 1.97. The van der Waals surface area contributed by atoms with Gasteiger partial charge in [0.05, 0.1) is 11.6 Å². The molecule has 25 heavy (non-hydrogen) atoms. The molecule has 1 N–H and O–H groups in total. The first-order valence-electron chi connectivity index (χ1n) is 8.03. The van der Waals surface area contributed by atoms with Crippen molar-refractivity contribution in [2.24, 2.45) is 5.92 Å². The predicted molar refractivity (Wildman–Crippen MR) is 93.5 cm³/mol. The number of nitriles is 1. The lowest BCUT2D eigenvalue weighted by molar-refractivity contribution is -0.148. The first-order chi connectivity index (χ1) is 12.0. The second kappa shape index (κ2) is 8.65. The van der Waals surface area contributed by atoms with Gasteiger partial charge in [0.25, 0.3) is 5.91 Å². The lowest BCUT2D eigenvalue weighted by Gasteiger charge is -2.21. The zero-order chi connectivity index (χ0) is 18.2. The van der Waals surface area contributed by atoms with E-state index in [-0.39, 0.29) is 18.4 Å². The van der Waals surface area contributed by atoms with Gasteiger partial charge in [-0.15, -0.1) is 0 Å². The van der Waals surface area contributed by atoms with Crippen molar-refractivity contribution in [3.8, 4) is 6.07 Å². The van der Waals surface area contributed by atoms with Gasteiger partial charge in [-0.05, 0) is 35.7 Å². The van der Waals surface area contributed by atoms with Crippen molar-refractivity contribution in [3.05, 3.63) is 71.3 Å². The predicted octanol–water partition coefficient (Wildman–Crippen LogP) is 3.06. The van der Waals surface area contributed by atoms with E-state index >= 15 is 0 Å². The summed E-state index contributed by atoms with van der Waals surface area (Å²) in [6, 6.07) is 16.8. The van der Waals surface area contributed by atoms with E-state index in [1.54, 1.807) is 48.5 Å². The average Bonchev–Trinajstić information content (AvgIpc) is 2.64. The van der Waals surface area contributed by atoms with E-state index in [0.717, 1.165) is 5.56 Å². The third-order valence-electron chi connectivity index (χ3n) is 3.71. The average molecular weight is 336 g/mol. The zero-order valence-electron chi connectivity index (χ0n) is 14.2. The van der Waals surface area contributed by atoms with Crippen LogP contribution >= 0.6 is 0 Å². The van der Waals surface area contributed by atoms with E-state index in [9.17, 15) is 9.59 Å². The largest absolute Gasteiger partial charge is 0.459 e. The SMILES string of the molecule is CC(C)C(NC(=O)c1ccccc1)C(=O)OCc1ccc(C#N)cc1. The Morgan fingerprint density at radius 3 is 2.28 bits per heavy atom. The molecule has 0 spiro atoms. The summed E-state index contributed by atoms with van der Waals surface area (Å²) in [5, 5.41) is 11.5. The van der Waals surface area contributed by atoms with Gasteiger partial charge in [0.15, 0.2) is 0 Å². The summed E-state index contributed by atoms with van der Waals surface area (Å²) in [4.78, 5) is 24.6. The summed E-state index contributed by atoms with van der Waals surface area (Å²) in [5.41, 5.74) is 1.82. The van der Waals surface area contributed by atoms with Gasteiger partial charge in [0, 0.05) is 5.56 Å². The molecule has 0 aliphatic carbocycles. The number of benzene rings is 2. The Hall–Kier alpha value is -3.13. The molecular formula is C20H20N2O3. The van der Waals surface area contributed by atoms with Gasteiger partial charge in [-0.3, -0.25) is 4.79 Å². The van der Waals surface area contributed by atoms with Gasteiger partial charge in [0.1, 0.15) is 12.6 Å². The molecule has 0 aromatic heterocycles. The number of hydrogen-bond donors (Lipinski definition) is 1. The second-order valence-electron chi connectivity index (χ2n) is 5.98. The van der Waals surface area contributed by atoms with Crippen molar-refractivity contribution in [3.63, 3.8) is 0 Å². The second-order valence-corrected chi connectivity index (χ2v) is 5.98. The molecule has 5 heteroatoms. The van der Waals surface area contributed by atoms with Crippen molar-refractivity contribution in [2.45, 2.75) is 26.5 Å². The third kappa shape index (κ3) is 5.18. The fourth-order valence-electron chi connectivity index (χ4n) is 2.23. The van der Waals surface area contributed by atoms with Crippen molar-refractivity contribution < 1.29 is 14.3 Å². The first-order valence-corrected chi connectivity index (χ1v) is 8.03. The van der Waals surface area contributed by atoms with E-state index in [4.69, 9.17) is 10.00 Å². The molecule has 1 unspecified atom stereocenters. The first kappa shape index (κ1) is 18.2. The van der Waals surface area contributed by atoms with Crippen molar-refractivity contribution in [2.75, 3.05) is 0 Å². The van der Waals surface area contributed by atoms with Crippen LogP contribution in [0.1, 0.15) is 35.3 Å². The summed E-state index contributed by atoms with van der Waals surface area (Å²) in [7, 11) is 0.